The van der Waals surface area contributed by atoms with Gasteiger partial charge in [-0.25, -0.2) is 4.39 Å². The third-order valence-electron chi connectivity index (χ3n) is 3.82. The number of carbonyl (C=O) groups is 1. The molecule has 0 bridgehead atoms. The summed E-state index contributed by atoms with van der Waals surface area (Å²) in [7, 11) is 0. The summed E-state index contributed by atoms with van der Waals surface area (Å²) in [5, 5.41) is 9.35. The van der Waals surface area contributed by atoms with Gasteiger partial charge in [-0.3, -0.25) is 4.79 Å². The zero-order chi connectivity index (χ0) is 13.8. The molecule has 1 aliphatic rings. The van der Waals surface area contributed by atoms with Crippen molar-refractivity contribution in [2.75, 3.05) is 19.6 Å². The van der Waals surface area contributed by atoms with Crippen LogP contribution in [-0.4, -0.2) is 35.6 Å². The number of aryl methyl sites for hydroxylation is 1. The van der Waals surface area contributed by atoms with Crippen molar-refractivity contribution in [3.8, 4) is 0 Å². The van der Waals surface area contributed by atoms with E-state index in [1.165, 1.54) is 18.9 Å². The highest BCUT2D eigenvalue weighted by molar-refractivity contribution is 5.76. The molecule has 1 saturated heterocycles. The molecule has 1 atom stereocenters. The van der Waals surface area contributed by atoms with Gasteiger partial charge in [-0.2, -0.15) is 0 Å². The number of carboxylic acid groups (broad SMARTS) is 1. The van der Waals surface area contributed by atoms with Crippen molar-refractivity contribution in [1.29, 1.82) is 0 Å². The molecular weight excluding hydrogens is 245 g/mol. The molecule has 2 rings (SSSR count). The maximum absolute atomic E-state index is 13.2. The molecular formula is C15H20FNO2. The Morgan fingerprint density at radius 2 is 2.11 bits per heavy atom. The number of halogens is 1. The van der Waals surface area contributed by atoms with Crippen LogP contribution in [0.25, 0.3) is 0 Å². The van der Waals surface area contributed by atoms with Crippen LogP contribution in [0.4, 0.5) is 4.39 Å². The highest BCUT2D eigenvalue weighted by Gasteiger charge is 2.22. The predicted molar refractivity (Wildman–Crippen MR) is 71.8 cm³/mol. The second kappa shape index (κ2) is 6.15. The molecule has 1 aromatic carbocycles. The number of likely N-dealkylation sites (tertiary alicyclic amines) is 1. The van der Waals surface area contributed by atoms with E-state index < -0.39 is 11.9 Å². The first-order valence-electron chi connectivity index (χ1n) is 6.79. The summed E-state index contributed by atoms with van der Waals surface area (Å²) in [6, 6.07) is 4.60. The lowest BCUT2D eigenvalue weighted by atomic mass is 9.94. The van der Waals surface area contributed by atoms with E-state index in [2.05, 4.69) is 4.90 Å². The second-order valence-electron chi connectivity index (χ2n) is 5.24. The van der Waals surface area contributed by atoms with Crippen molar-refractivity contribution in [2.45, 2.75) is 32.1 Å². The van der Waals surface area contributed by atoms with Gasteiger partial charge in [0.25, 0.3) is 0 Å². The molecule has 1 heterocycles. The lowest BCUT2D eigenvalue weighted by Gasteiger charge is -2.19. The smallest absolute Gasteiger partial charge is 0.311 e. The fourth-order valence-electron chi connectivity index (χ4n) is 2.64. The van der Waals surface area contributed by atoms with Gasteiger partial charge in [0, 0.05) is 0 Å². The summed E-state index contributed by atoms with van der Waals surface area (Å²) in [6.45, 7) is 4.59. The normalized spacial score (nSPS) is 17.6. The maximum Gasteiger partial charge on any atom is 0.311 e. The van der Waals surface area contributed by atoms with Gasteiger partial charge >= 0.3 is 5.97 Å². The Kier molecular flexibility index (Phi) is 4.53. The van der Waals surface area contributed by atoms with E-state index in [4.69, 9.17) is 0 Å². The van der Waals surface area contributed by atoms with Gasteiger partial charge in [0.1, 0.15) is 5.82 Å². The van der Waals surface area contributed by atoms with Gasteiger partial charge in [0.05, 0.1) is 5.92 Å². The summed E-state index contributed by atoms with van der Waals surface area (Å²) in [5.74, 6) is -1.66. The summed E-state index contributed by atoms with van der Waals surface area (Å²) in [5.41, 5.74) is 1.20. The molecule has 1 fully saturated rings. The van der Waals surface area contributed by atoms with Gasteiger partial charge in [0.2, 0.25) is 0 Å². The summed E-state index contributed by atoms with van der Waals surface area (Å²) in [6.07, 6.45) is 2.99. The van der Waals surface area contributed by atoms with Crippen LogP contribution in [0, 0.1) is 12.7 Å². The fourth-order valence-corrected chi connectivity index (χ4v) is 2.64. The summed E-state index contributed by atoms with van der Waals surface area (Å²) < 4.78 is 13.2. The van der Waals surface area contributed by atoms with Crippen LogP contribution in [0.1, 0.15) is 36.3 Å². The van der Waals surface area contributed by atoms with Crippen molar-refractivity contribution in [3.63, 3.8) is 0 Å². The maximum atomic E-state index is 13.2. The first-order valence-corrected chi connectivity index (χ1v) is 6.79. The molecule has 0 saturated carbocycles. The lowest BCUT2D eigenvalue weighted by molar-refractivity contribution is -0.139. The van der Waals surface area contributed by atoms with Gasteiger partial charge in [-0.05, 0) is 63.0 Å². The lowest BCUT2D eigenvalue weighted by Crippen LogP contribution is -2.24. The molecule has 4 heteroatoms. The fraction of sp³-hybridized carbons (Fsp3) is 0.533. The molecule has 0 spiro atoms. The second-order valence-corrected chi connectivity index (χ2v) is 5.24. The van der Waals surface area contributed by atoms with E-state index in [9.17, 15) is 14.3 Å². The van der Waals surface area contributed by atoms with E-state index >= 15 is 0 Å². The van der Waals surface area contributed by atoms with Gasteiger partial charge in [0.15, 0.2) is 0 Å². The molecule has 104 valence electrons. The Balaban J connectivity index is 2.05. The minimum absolute atomic E-state index is 0.285. The van der Waals surface area contributed by atoms with E-state index in [1.807, 2.05) is 0 Å². The van der Waals surface area contributed by atoms with Crippen molar-refractivity contribution >= 4 is 5.97 Å². The first kappa shape index (κ1) is 14.0. The van der Waals surface area contributed by atoms with Crippen LogP contribution in [0.5, 0.6) is 0 Å². The number of benzene rings is 1. The third kappa shape index (κ3) is 3.53. The SMILES string of the molecule is Cc1cc(C(CCN2CCCC2)C(=O)O)ccc1F. The van der Waals surface area contributed by atoms with Gasteiger partial charge < -0.3 is 10.0 Å². The van der Waals surface area contributed by atoms with E-state index in [1.54, 1.807) is 19.1 Å². The number of hydrogen-bond donors (Lipinski definition) is 1. The van der Waals surface area contributed by atoms with E-state index in [0.717, 1.165) is 19.6 Å². The summed E-state index contributed by atoms with van der Waals surface area (Å²) in [4.78, 5) is 13.7. The van der Waals surface area contributed by atoms with Crippen LogP contribution < -0.4 is 0 Å². The van der Waals surface area contributed by atoms with Crippen LogP contribution in [0.3, 0.4) is 0 Å². The minimum atomic E-state index is -0.829. The largest absolute Gasteiger partial charge is 0.481 e. The number of hydrogen-bond acceptors (Lipinski definition) is 2. The van der Waals surface area contributed by atoms with E-state index in [0.29, 0.717) is 17.5 Å². The monoisotopic (exact) mass is 265 g/mol. The van der Waals surface area contributed by atoms with Crippen LogP contribution in [0.15, 0.2) is 18.2 Å². The third-order valence-corrected chi connectivity index (χ3v) is 3.82. The van der Waals surface area contributed by atoms with Crippen LogP contribution >= 0.6 is 0 Å². The molecule has 0 aliphatic carbocycles. The standard InChI is InChI=1S/C15H20FNO2/c1-11-10-12(4-5-14(11)16)13(15(18)19)6-9-17-7-2-3-8-17/h4-5,10,13H,2-3,6-9H2,1H3,(H,18,19). The number of carboxylic acids is 1. The molecule has 1 aliphatic heterocycles. The highest BCUT2D eigenvalue weighted by atomic mass is 19.1. The summed E-state index contributed by atoms with van der Waals surface area (Å²) >= 11 is 0. The quantitative estimate of drug-likeness (QED) is 0.890. The molecule has 1 unspecified atom stereocenters. The molecule has 19 heavy (non-hydrogen) atoms. The van der Waals surface area contributed by atoms with Crippen LogP contribution in [0.2, 0.25) is 0 Å². The molecule has 0 radical (unpaired) electrons. The Morgan fingerprint density at radius 1 is 1.42 bits per heavy atom. The highest BCUT2D eigenvalue weighted by Crippen LogP contribution is 2.23. The van der Waals surface area contributed by atoms with Crippen molar-refractivity contribution in [1.82, 2.24) is 4.90 Å². The molecule has 3 nitrogen and oxygen atoms in total. The average Bonchev–Trinajstić information content (AvgIpc) is 2.86. The van der Waals surface area contributed by atoms with E-state index in [-0.39, 0.29) is 5.82 Å². The van der Waals surface area contributed by atoms with Crippen molar-refractivity contribution in [2.24, 2.45) is 0 Å². The van der Waals surface area contributed by atoms with Crippen LogP contribution in [-0.2, 0) is 4.79 Å². The zero-order valence-electron chi connectivity index (χ0n) is 11.2. The molecule has 1 N–H and O–H groups in total. The number of rotatable bonds is 5. The Labute approximate surface area is 113 Å². The first-order chi connectivity index (χ1) is 9.08. The topological polar surface area (TPSA) is 40.5 Å². The van der Waals surface area contributed by atoms with Crippen molar-refractivity contribution in [3.05, 3.63) is 35.1 Å². The van der Waals surface area contributed by atoms with Gasteiger partial charge in [-0.15, -0.1) is 0 Å². The Morgan fingerprint density at radius 3 is 2.68 bits per heavy atom. The molecule has 0 aromatic heterocycles. The average molecular weight is 265 g/mol. The number of nitrogens with zero attached hydrogens (tertiary/aromatic N) is 1. The van der Waals surface area contributed by atoms with Gasteiger partial charge in [-0.1, -0.05) is 12.1 Å². The minimum Gasteiger partial charge on any atom is -0.481 e. The Bertz CT molecular complexity index is 455. The predicted octanol–water partition coefficient (Wildman–Crippen LogP) is 2.79. The zero-order valence-corrected chi connectivity index (χ0v) is 11.2. The number of aliphatic carboxylic acids is 1. The molecule has 0 amide bonds. The molecule has 1 aromatic rings. The Hall–Kier alpha value is -1.42. The van der Waals surface area contributed by atoms with Crippen molar-refractivity contribution < 1.29 is 14.3 Å².